The van der Waals surface area contributed by atoms with Crippen LogP contribution >= 0.6 is 0 Å². The summed E-state index contributed by atoms with van der Waals surface area (Å²) in [6.07, 6.45) is 6.78. The van der Waals surface area contributed by atoms with Crippen molar-refractivity contribution in [2.45, 2.75) is 38.1 Å². The molecule has 3 N–H and O–H groups in total. The van der Waals surface area contributed by atoms with Crippen LogP contribution in [0.2, 0.25) is 0 Å². The fourth-order valence-electron chi connectivity index (χ4n) is 3.53. The molecule has 1 saturated carbocycles. The van der Waals surface area contributed by atoms with E-state index in [1.54, 1.807) is 24.3 Å². The quantitative estimate of drug-likeness (QED) is 0.515. The summed E-state index contributed by atoms with van der Waals surface area (Å²) in [7, 11) is 0. The van der Waals surface area contributed by atoms with Gasteiger partial charge in [0.15, 0.2) is 11.6 Å². The standard InChI is InChI=1S/C23H24FN5O/c24-20-15-25-23(29-21(20)26-17-9-5-2-6-10-17)28-19-13-11-18(12-14-19)27-22(30)16-7-3-1-4-8-16/h1,3-4,7-8,11-15,17H,2,5-6,9-10H2,(H,27,30)(H2,25,26,28,29). The third kappa shape index (κ3) is 5.11. The zero-order chi connectivity index (χ0) is 20.8. The third-order valence-electron chi connectivity index (χ3n) is 5.13. The molecule has 1 amide bonds. The second kappa shape index (κ2) is 9.35. The summed E-state index contributed by atoms with van der Waals surface area (Å²) in [4.78, 5) is 20.6. The molecule has 0 atom stereocenters. The number of carbonyl (C=O) groups is 1. The fourth-order valence-corrected chi connectivity index (χ4v) is 3.53. The van der Waals surface area contributed by atoms with Crippen LogP contribution in [-0.4, -0.2) is 21.9 Å². The minimum absolute atomic E-state index is 0.170. The van der Waals surface area contributed by atoms with Crippen molar-refractivity contribution in [1.29, 1.82) is 0 Å². The molecule has 0 radical (unpaired) electrons. The molecule has 1 heterocycles. The molecular weight excluding hydrogens is 381 g/mol. The van der Waals surface area contributed by atoms with E-state index in [9.17, 15) is 9.18 Å². The van der Waals surface area contributed by atoms with E-state index in [0.29, 0.717) is 17.2 Å². The molecule has 0 aliphatic heterocycles. The first-order valence-corrected chi connectivity index (χ1v) is 10.2. The number of rotatable bonds is 6. The second-order valence-corrected chi connectivity index (χ2v) is 7.39. The van der Waals surface area contributed by atoms with Gasteiger partial charge in [0.05, 0.1) is 6.20 Å². The third-order valence-corrected chi connectivity index (χ3v) is 5.13. The van der Waals surface area contributed by atoms with Gasteiger partial charge in [-0.3, -0.25) is 4.79 Å². The highest BCUT2D eigenvalue weighted by atomic mass is 19.1. The Bertz CT molecular complexity index is 988. The highest BCUT2D eigenvalue weighted by Crippen LogP contribution is 2.23. The SMILES string of the molecule is O=C(Nc1ccc(Nc2ncc(F)c(NC3CCCCC3)n2)cc1)c1ccccc1. The van der Waals surface area contributed by atoms with Crippen molar-refractivity contribution in [2.75, 3.05) is 16.0 Å². The number of hydrogen-bond donors (Lipinski definition) is 3. The van der Waals surface area contributed by atoms with Crippen molar-refractivity contribution < 1.29 is 9.18 Å². The average molecular weight is 405 g/mol. The van der Waals surface area contributed by atoms with Crippen molar-refractivity contribution >= 4 is 29.0 Å². The van der Waals surface area contributed by atoms with Crippen LogP contribution in [0.25, 0.3) is 0 Å². The summed E-state index contributed by atoms with van der Waals surface area (Å²) in [6.45, 7) is 0. The molecule has 0 saturated heterocycles. The number of nitrogens with one attached hydrogen (secondary N) is 3. The van der Waals surface area contributed by atoms with Gasteiger partial charge >= 0.3 is 0 Å². The van der Waals surface area contributed by atoms with Crippen molar-refractivity contribution in [3.8, 4) is 0 Å². The summed E-state index contributed by atoms with van der Waals surface area (Å²) in [6, 6.07) is 16.5. The summed E-state index contributed by atoms with van der Waals surface area (Å²) in [5.74, 6) is -0.0800. The van der Waals surface area contributed by atoms with Gasteiger partial charge in [-0.1, -0.05) is 37.5 Å². The molecule has 6 nitrogen and oxygen atoms in total. The fraction of sp³-hybridized carbons (Fsp3) is 0.261. The highest BCUT2D eigenvalue weighted by molar-refractivity contribution is 6.04. The highest BCUT2D eigenvalue weighted by Gasteiger charge is 2.16. The molecular formula is C23H24FN5O. The van der Waals surface area contributed by atoms with Gasteiger partial charge in [-0.25, -0.2) is 9.37 Å². The summed E-state index contributed by atoms with van der Waals surface area (Å²) >= 11 is 0. The Hall–Kier alpha value is -3.48. The zero-order valence-electron chi connectivity index (χ0n) is 16.6. The van der Waals surface area contributed by atoms with Crippen molar-refractivity contribution in [3.63, 3.8) is 0 Å². The molecule has 1 aliphatic rings. The van der Waals surface area contributed by atoms with Crippen LogP contribution in [0.5, 0.6) is 0 Å². The van der Waals surface area contributed by atoms with Gasteiger partial charge < -0.3 is 16.0 Å². The minimum Gasteiger partial charge on any atom is -0.365 e. The number of amides is 1. The summed E-state index contributed by atoms with van der Waals surface area (Å²) in [5.41, 5.74) is 2.01. The molecule has 2 aromatic carbocycles. The van der Waals surface area contributed by atoms with Crippen molar-refractivity contribution in [2.24, 2.45) is 0 Å². The van der Waals surface area contributed by atoms with Crippen LogP contribution in [0.15, 0.2) is 60.8 Å². The Morgan fingerprint density at radius 2 is 1.63 bits per heavy atom. The second-order valence-electron chi connectivity index (χ2n) is 7.39. The lowest BCUT2D eigenvalue weighted by atomic mass is 9.95. The van der Waals surface area contributed by atoms with Gasteiger partial charge in [-0.05, 0) is 49.2 Å². The average Bonchev–Trinajstić information content (AvgIpc) is 2.79. The summed E-state index contributed by atoms with van der Waals surface area (Å²) in [5, 5.41) is 9.14. The number of anilines is 4. The lowest BCUT2D eigenvalue weighted by Crippen LogP contribution is -2.23. The number of halogens is 1. The first kappa shape index (κ1) is 19.8. The van der Waals surface area contributed by atoms with E-state index in [2.05, 4.69) is 25.9 Å². The molecule has 0 spiro atoms. The molecule has 1 aromatic heterocycles. The van der Waals surface area contributed by atoms with Crippen LogP contribution in [0.4, 0.5) is 27.5 Å². The molecule has 7 heteroatoms. The van der Waals surface area contributed by atoms with E-state index in [4.69, 9.17) is 0 Å². The largest absolute Gasteiger partial charge is 0.365 e. The maximum atomic E-state index is 14.1. The minimum atomic E-state index is -0.454. The van der Waals surface area contributed by atoms with Crippen LogP contribution in [0.3, 0.4) is 0 Å². The van der Waals surface area contributed by atoms with Gasteiger partial charge in [-0.15, -0.1) is 0 Å². The normalized spacial score (nSPS) is 14.2. The van der Waals surface area contributed by atoms with Crippen molar-refractivity contribution in [3.05, 3.63) is 72.2 Å². The number of hydrogen-bond acceptors (Lipinski definition) is 5. The molecule has 4 rings (SSSR count). The zero-order valence-corrected chi connectivity index (χ0v) is 16.6. The van der Waals surface area contributed by atoms with Gasteiger partial charge in [0.25, 0.3) is 5.91 Å². The molecule has 0 unspecified atom stereocenters. The van der Waals surface area contributed by atoms with Gasteiger partial charge in [0, 0.05) is 23.0 Å². The van der Waals surface area contributed by atoms with Crippen LogP contribution < -0.4 is 16.0 Å². The monoisotopic (exact) mass is 405 g/mol. The van der Waals surface area contributed by atoms with E-state index < -0.39 is 5.82 Å². The van der Waals surface area contributed by atoms with E-state index >= 15 is 0 Å². The van der Waals surface area contributed by atoms with E-state index in [-0.39, 0.29) is 17.8 Å². The smallest absolute Gasteiger partial charge is 0.255 e. The Balaban J connectivity index is 1.39. The Morgan fingerprint density at radius 1 is 0.933 bits per heavy atom. The van der Waals surface area contributed by atoms with E-state index in [0.717, 1.165) is 31.4 Å². The Kier molecular flexibility index (Phi) is 6.17. The number of nitrogens with zero attached hydrogens (tertiary/aromatic N) is 2. The first-order chi connectivity index (χ1) is 14.7. The maximum absolute atomic E-state index is 14.1. The molecule has 30 heavy (non-hydrogen) atoms. The van der Waals surface area contributed by atoms with Gasteiger partial charge in [0.2, 0.25) is 5.95 Å². The van der Waals surface area contributed by atoms with E-state index in [1.807, 2.05) is 30.3 Å². The predicted octanol–water partition coefficient (Wildman–Crippen LogP) is 5.36. The van der Waals surface area contributed by atoms with Crippen LogP contribution in [0.1, 0.15) is 42.5 Å². The first-order valence-electron chi connectivity index (χ1n) is 10.2. The molecule has 0 bridgehead atoms. The molecule has 154 valence electrons. The Morgan fingerprint density at radius 3 is 2.37 bits per heavy atom. The van der Waals surface area contributed by atoms with Crippen LogP contribution in [0, 0.1) is 5.82 Å². The molecule has 1 aliphatic carbocycles. The topological polar surface area (TPSA) is 78.9 Å². The predicted molar refractivity (Wildman–Crippen MR) is 117 cm³/mol. The molecule has 1 fully saturated rings. The lowest BCUT2D eigenvalue weighted by molar-refractivity contribution is 0.102. The van der Waals surface area contributed by atoms with Crippen molar-refractivity contribution in [1.82, 2.24) is 9.97 Å². The lowest BCUT2D eigenvalue weighted by Gasteiger charge is -2.23. The number of benzene rings is 2. The van der Waals surface area contributed by atoms with Gasteiger partial charge in [-0.2, -0.15) is 4.98 Å². The Labute approximate surface area is 175 Å². The summed E-state index contributed by atoms with van der Waals surface area (Å²) < 4.78 is 14.1. The maximum Gasteiger partial charge on any atom is 0.255 e. The number of carbonyl (C=O) groups excluding carboxylic acids is 1. The van der Waals surface area contributed by atoms with E-state index in [1.165, 1.54) is 12.6 Å². The van der Waals surface area contributed by atoms with Crippen LogP contribution in [-0.2, 0) is 0 Å². The van der Waals surface area contributed by atoms with Gasteiger partial charge in [0.1, 0.15) is 0 Å². The molecule has 3 aromatic rings. The number of aromatic nitrogens is 2.